The number of H-pyrrole nitrogens is 1. The van der Waals surface area contributed by atoms with Crippen molar-refractivity contribution in [3.63, 3.8) is 0 Å². The third kappa shape index (κ3) is 1.78. The summed E-state index contributed by atoms with van der Waals surface area (Å²) in [4.78, 5) is 3.55. The quantitative estimate of drug-likeness (QED) is 0.673. The van der Waals surface area contributed by atoms with Crippen LogP contribution >= 0.6 is 15.9 Å². The highest BCUT2D eigenvalue weighted by atomic mass is 79.9. The SMILES string of the molecule is Brc1ccc(C2NC=Cc3c2[nH]c2ccccc32)cc1. The average molecular weight is 325 g/mol. The molecule has 3 heteroatoms. The van der Waals surface area contributed by atoms with E-state index in [2.05, 4.69) is 80.8 Å². The van der Waals surface area contributed by atoms with Gasteiger partial charge in [-0.15, -0.1) is 0 Å². The minimum Gasteiger partial charge on any atom is -0.379 e. The summed E-state index contributed by atoms with van der Waals surface area (Å²) in [5, 5.41) is 4.72. The van der Waals surface area contributed by atoms with E-state index >= 15 is 0 Å². The lowest BCUT2D eigenvalue weighted by atomic mass is 9.97. The van der Waals surface area contributed by atoms with E-state index in [1.165, 1.54) is 27.7 Å². The van der Waals surface area contributed by atoms with Gasteiger partial charge in [0.15, 0.2) is 0 Å². The van der Waals surface area contributed by atoms with Crippen molar-refractivity contribution < 1.29 is 0 Å². The predicted molar refractivity (Wildman–Crippen MR) is 86.5 cm³/mol. The van der Waals surface area contributed by atoms with E-state index in [-0.39, 0.29) is 6.04 Å². The van der Waals surface area contributed by atoms with Gasteiger partial charge in [0.25, 0.3) is 0 Å². The number of fused-ring (bicyclic) bond motifs is 3. The van der Waals surface area contributed by atoms with Crippen molar-refractivity contribution in [1.29, 1.82) is 0 Å². The van der Waals surface area contributed by atoms with Gasteiger partial charge in [-0.2, -0.15) is 0 Å². The minimum atomic E-state index is 0.176. The second-order valence-electron chi connectivity index (χ2n) is 4.98. The summed E-state index contributed by atoms with van der Waals surface area (Å²) in [5.41, 5.74) is 4.96. The van der Waals surface area contributed by atoms with Gasteiger partial charge in [-0.05, 0) is 36.0 Å². The van der Waals surface area contributed by atoms with Crippen molar-refractivity contribution in [2.24, 2.45) is 0 Å². The Morgan fingerprint density at radius 3 is 2.60 bits per heavy atom. The number of para-hydroxylation sites is 1. The van der Waals surface area contributed by atoms with Gasteiger partial charge in [-0.1, -0.05) is 46.3 Å². The first-order valence-corrected chi connectivity index (χ1v) is 7.41. The Labute approximate surface area is 125 Å². The number of rotatable bonds is 1. The van der Waals surface area contributed by atoms with Crippen LogP contribution in [-0.2, 0) is 0 Å². The lowest BCUT2D eigenvalue weighted by molar-refractivity contribution is 0.704. The van der Waals surface area contributed by atoms with Crippen LogP contribution in [0.4, 0.5) is 0 Å². The summed E-state index contributed by atoms with van der Waals surface area (Å²) in [6.45, 7) is 0. The molecule has 3 aromatic rings. The summed E-state index contributed by atoms with van der Waals surface area (Å²) in [7, 11) is 0. The molecular formula is C17H13BrN2. The molecule has 2 heterocycles. The molecule has 0 amide bonds. The van der Waals surface area contributed by atoms with Crippen LogP contribution in [-0.4, -0.2) is 4.98 Å². The molecule has 0 fully saturated rings. The molecule has 4 rings (SSSR count). The van der Waals surface area contributed by atoms with Gasteiger partial charge >= 0.3 is 0 Å². The third-order valence-electron chi connectivity index (χ3n) is 3.78. The maximum Gasteiger partial charge on any atom is 0.0920 e. The molecule has 20 heavy (non-hydrogen) atoms. The minimum absolute atomic E-state index is 0.176. The molecule has 2 nitrogen and oxygen atoms in total. The standard InChI is InChI=1S/C17H13BrN2/c18-12-7-5-11(6-8-12)16-17-14(9-10-19-16)13-3-1-2-4-15(13)20-17/h1-10,16,19-20H. The molecule has 0 saturated heterocycles. The fourth-order valence-corrected chi connectivity index (χ4v) is 3.09. The fourth-order valence-electron chi connectivity index (χ4n) is 2.82. The van der Waals surface area contributed by atoms with Crippen molar-refractivity contribution in [3.8, 4) is 0 Å². The molecule has 98 valence electrons. The van der Waals surface area contributed by atoms with Gasteiger partial charge in [-0.3, -0.25) is 0 Å². The van der Waals surface area contributed by atoms with Crippen LogP contribution in [0, 0.1) is 0 Å². The van der Waals surface area contributed by atoms with Crippen LogP contribution < -0.4 is 5.32 Å². The van der Waals surface area contributed by atoms with Crippen LogP contribution in [0.5, 0.6) is 0 Å². The maximum absolute atomic E-state index is 3.55. The van der Waals surface area contributed by atoms with E-state index in [4.69, 9.17) is 0 Å². The molecule has 0 spiro atoms. The zero-order valence-corrected chi connectivity index (χ0v) is 12.3. The molecule has 1 aromatic heterocycles. The Hall–Kier alpha value is -2.00. The predicted octanol–water partition coefficient (Wildman–Crippen LogP) is 4.59. The molecule has 0 radical (unpaired) electrons. The first-order valence-electron chi connectivity index (χ1n) is 6.61. The Kier molecular flexibility index (Phi) is 2.67. The highest BCUT2D eigenvalue weighted by Crippen LogP contribution is 2.34. The Bertz CT molecular complexity index is 799. The molecule has 2 N–H and O–H groups in total. The lowest BCUT2D eigenvalue weighted by Crippen LogP contribution is -2.20. The molecular weight excluding hydrogens is 312 g/mol. The first kappa shape index (κ1) is 11.8. The van der Waals surface area contributed by atoms with Crippen LogP contribution in [0.15, 0.2) is 59.2 Å². The number of aromatic nitrogens is 1. The summed E-state index contributed by atoms with van der Waals surface area (Å²) in [5.74, 6) is 0. The van der Waals surface area contributed by atoms with Crippen LogP contribution in [0.3, 0.4) is 0 Å². The molecule has 1 unspecified atom stereocenters. The Morgan fingerprint density at radius 2 is 1.75 bits per heavy atom. The van der Waals surface area contributed by atoms with Crippen LogP contribution in [0.2, 0.25) is 0 Å². The van der Waals surface area contributed by atoms with E-state index in [9.17, 15) is 0 Å². The van der Waals surface area contributed by atoms with Crippen molar-refractivity contribution in [1.82, 2.24) is 10.3 Å². The topological polar surface area (TPSA) is 27.8 Å². The second kappa shape index (κ2) is 4.53. The second-order valence-corrected chi connectivity index (χ2v) is 5.90. The van der Waals surface area contributed by atoms with Crippen molar-refractivity contribution >= 4 is 32.9 Å². The third-order valence-corrected chi connectivity index (χ3v) is 4.31. The van der Waals surface area contributed by atoms with E-state index in [0.717, 1.165) is 4.47 Å². The average Bonchev–Trinajstić information content (AvgIpc) is 2.87. The number of hydrogen-bond acceptors (Lipinski definition) is 1. The highest BCUT2D eigenvalue weighted by Gasteiger charge is 2.22. The molecule has 0 aliphatic carbocycles. The zero-order chi connectivity index (χ0) is 13.5. The molecule has 0 saturated carbocycles. The largest absolute Gasteiger partial charge is 0.379 e. The van der Waals surface area contributed by atoms with Crippen molar-refractivity contribution in [2.45, 2.75) is 6.04 Å². The van der Waals surface area contributed by atoms with Crippen LogP contribution in [0.25, 0.3) is 17.0 Å². The Morgan fingerprint density at radius 1 is 0.950 bits per heavy atom. The molecule has 0 bridgehead atoms. The smallest absolute Gasteiger partial charge is 0.0920 e. The lowest BCUT2D eigenvalue weighted by Gasteiger charge is -2.21. The van der Waals surface area contributed by atoms with Gasteiger partial charge < -0.3 is 10.3 Å². The van der Waals surface area contributed by atoms with Gasteiger partial charge in [0.2, 0.25) is 0 Å². The molecule has 2 aromatic carbocycles. The molecule has 1 atom stereocenters. The maximum atomic E-state index is 3.55. The summed E-state index contributed by atoms with van der Waals surface area (Å²) < 4.78 is 1.10. The molecule has 1 aliphatic heterocycles. The van der Waals surface area contributed by atoms with Crippen molar-refractivity contribution in [2.75, 3.05) is 0 Å². The van der Waals surface area contributed by atoms with Gasteiger partial charge in [0.1, 0.15) is 0 Å². The molecule has 1 aliphatic rings. The number of nitrogens with one attached hydrogen (secondary N) is 2. The number of aromatic amines is 1. The summed E-state index contributed by atoms with van der Waals surface area (Å²) in [6, 6.07) is 17.1. The van der Waals surface area contributed by atoms with E-state index in [0.29, 0.717) is 0 Å². The highest BCUT2D eigenvalue weighted by molar-refractivity contribution is 9.10. The number of hydrogen-bond donors (Lipinski definition) is 2. The zero-order valence-electron chi connectivity index (χ0n) is 10.7. The van der Waals surface area contributed by atoms with E-state index < -0.39 is 0 Å². The first-order chi connectivity index (χ1) is 9.83. The van der Waals surface area contributed by atoms with E-state index in [1.54, 1.807) is 0 Å². The van der Waals surface area contributed by atoms with Gasteiger partial charge in [-0.25, -0.2) is 0 Å². The Balaban J connectivity index is 1.90. The summed E-state index contributed by atoms with van der Waals surface area (Å²) in [6.07, 6.45) is 4.18. The van der Waals surface area contributed by atoms with E-state index in [1.807, 2.05) is 6.20 Å². The van der Waals surface area contributed by atoms with Crippen LogP contribution in [0.1, 0.15) is 22.9 Å². The fraction of sp³-hybridized carbons (Fsp3) is 0.0588. The summed E-state index contributed by atoms with van der Waals surface area (Å²) >= 11 is 3.49. The van der Waals surface area contributed by atoms with Crippen molar-refractivity contribution in [3.05, 3.63) is 76.0 Å². The van der Waals surface area contributed by atoms with Gasteiger partial charge in [0, 0.05) is 20.9 Å². The normalized spacial score (nSPS) is 16.9. The van der Waals surface area contributed by atoms with Gasteiger partial charge in [0.05, 0.1) is 11.7 Å². The number of halogens is 1. The number of benzene rings is 2. The monoisotopic (exact) mass is 324 g/mol.